The molecule has 0 heterocycles. The first-order valence-corrected chi connectivity index (χ1v) is 6.59. The lowest BCUT2D eigenvalue weighted by Gasteiger charge is -2.10. The molecule has 0 unspecified atom stereocenters. The van der Waals surface area contributed by atoms with Crippen molar-refractivity contribution in [1.29, 1.82) is 0 Å². The molecule has 5 nitrogen and oxygen atoms in total. The Morgan fingerprint density at radius 3 is 2.57 bits per heavy atom. The summed E-state index contributed by atoms with van der Waals surface area (Å²) >= 11 is 5.81. The van der Waals surface area contributed by atoms with Crippen molar-refractivity contribution in [3.63, 3.8) is 0 Å². The summed E-state index contributed by atoms with van der Waals surface area (Å²) in [4.78, 5) is 22.3. The maximum absolute atomic E-state index is 12.2. The van der Waals surface area contributed by atoms with Gasteiger partial charge in [0.2, 0.25) is 0 Å². The zero-order valence-corrected chi connectivity index (χ0v) is 12.3. The Labute approximate surface area is 126 Å². The molecule has 0 aliphatic heterocycles. The number of anilines is 1. The van der Waals surface area contributed by atoms with Crippen LogP contribution in [0.1, 0.15) is 21.5 Å². The van der Waals surface area contributed by atoms with Crippen LogP contribution < -0.4 is 5.32 Å². The summed E-state index contributed by atoms with van der Waals surface area (Å²) < 4.78 is 0. The molecule has 0 fully saturated rings. The largest absolute Gasteiger partial charge is 0.322 e. The molecular weight excluding hydrogens is 292 g/mol. The summed E-state index contributed by atoms with van der Waals surface area (Å²) in [6.45, 7) is 3.86. The molecule has 2 rings (SSSR count). The van der Waals surface area contributed by atoms with Crippen molar-refractivity contribution < 1.29 is 9.72 Å². The van der Waals surface area contributed by atoms with Gasteiger partial charge < -0.3 is 5.32 Å². The molecule has 0 bridgehead atoms. The maximum Gasteiger partial charge on any atom is 0.287 e. The first-order valence-electron chi connectivity index (χ1n) is 6.21. The number of hydrogen-bond donors (Lipinski definition) is 1. The van der Waals surface area contributed by atoms with Crippen molar-refractivity contribution in [2.75, 3.05) is 5.32 Å². The van der Waals surface area contributed by atoms with E-state index in [-0.39, 0.29) is 22.2 Å². The molecule has 0 spiro atoms. The normalized spacial score (nSPS) is 10.2. The van der Waals surface area contributed by atoms with Crippen molar-refractivity contribution in [2.24, 2.45) is 0 Å². The van der Waals surface area contributed by atoms with E-state index in [1.807, 2.05) is 26.0 Å². The second-order valence-corrected chi connectivity index (χ2v) is 5.03. The highest BCUT2D eigenvalue weighted by molar-refractivity contribution is 6.33. The number of carbonyl (C=O) groups is 1. The molecule has 21 heavy (non-hydrogen) atoms. The van der Waals surface area contributed by atoms with Gasteiger partial charge in [-0.15, -0.1) is 0 Å². The highest BCUT2D eigenvalue weighted by atomic mass is 35.5. The quantitative estimate of drug-likeness (QED) is 0.685. The second-order valence-electron chi connectivity index (χ2n) is 4.62. The Morgan fingerprint density at radius 1 is 1.24 bits per heavy atom. The van der Waals surface area contributed by atoms with Gasteiger partial charge in [0.15, 0.2) is 0 Å². The number of aryl methyl sites for hydroxylation is 1. The molecule has 6 heteroatoms. The van der Waals surface area contributed by atoms with Gasteiger partial charge in [0.1, 0.15) is 5.02 Å². The lowest BCUT2D eigenvalue weighted by Crippen LogP contribution is -2.13. The lowest BCUT2D eigenvalue weighted by atomic mass is 10.1. The van der Waals surface area contributed by atoms with E-state index in [1.54, 1.807) is 6.07 Å². The highest BCUT2D eigenvalue weighted by Gasteiger charge is 2.15. The van der Waals surface area contributed by atoms with E-state index in [0.29, 0.717) is 5.69 Å². The van der Waals surface area contributed by atoms with E-state index < -0.39 is 4.92 Å². The van der Waals surface area contributed by atoms with E-state index in [9.17, 15) is 14.9 Å². The molecule has 0 atom stereocenters. The molecule has 108 valence electrons. The number of benzene rings is 2. The molecule has 2 aromatic carbocycles. The molecule has 0 saturated heterocycles. The zero-order chi connectivity index (χ0) is 15.6. The van der Waals surface area contributed by atoms with Crippen molar-refractivity contribution in [1.82, 2.24) is 0 Å². The van der Waals surface area contributed by atoms with Crippen LogP contribution in [-0.2, 0) is 0 Å². The number of nitro groups is 1. The van der Waals surface area contributed by atoms with Gasteiger partial charge in [0.25, 0.3) is 11.6 Å². The molecule has 0 radical (unpaired) electrons. The summed E-state index contributed by atoms with van der Waals surface area (Å²) in [6, 6.07) is 9.49. The molecule has 1 amide bonds. The average molecular weight is 305 g/mol. The van der Waals surface area contributed by atoms with Crippen LogP contribution in [0.3, 0.4) is 0 Å². The SMILES string of the molecule is Cc1cccc(NC(=O)c2ccc([N+](=O)[O-])c(Cl)c2)c1C. The molecule has 0 aliphatic rings. The number of halogens is 1. The van der Waals surface area contributed by atoms with Crippen LogP contribution in [0.5, 0.6) is 0 Å². The summed E-state index contributed by atoms with van der Waals surface area (Å²) in [6.07, 6.45) is 0. The van der Waals surface area contributed by atoms with E-state index in [0.717, 1.165) is 11.1 Å². The van der Waals surface area contributed by atoms with Gasteiger partial charge >= 0.3 is 0 Å². The summed E-state index contributed by atoms with van der Waals surface area (Å²) in [7, 11) is 0. The van der Waals surface area contributed by atoms with Crippen LogP contribution in [0.4, 0.5) is 11.4 Å². The van der Waals surface area contributed by atoms with E-state index in [1.165, 1.54) is 18.2 Å². The van der Waals surface area contributed by atoms with Crippen molar-refractivity contribution >= 4 is 28.9 Å². The van der Waals surface area contributed by atoms with Crippen LogP contribution in [0, 0.1) is 24.0 Å². The van der Waals surface area contributed by atoms with E-state index in [4.69, 9.17) is 11.6 Å². The predicted molar refractivity (Wildman–Crippen MR) is 82.0 cm³/mol. The number of hydrogen-bond acceptors (Lipinski definition) is 3. The number of nitro benzene ring substituents is 1. The minimum atomic E-state index is -0.589. The van der Waals surface area contributed by atoms with Gasteiger partial charge in [-0.3, -0.25) is 14.9 Å². The monoisotopic (exact) mass is 304 g/mol. The Balaban J connectivity index is 2.27. The van der Waals surface area contributed by atoms with Gasteiger partial charge in [0.05, 0.1) is 4.92 Å². The topological polar surface area (TPSA) is 72.2 Å². The minimum Gasteiger partial charge on any atom is -0.322 e. The van der Waals surface area contributed by atoms with Gasteiger partial charge in [-0.25, -0.2) is 0 Å². The third-order valence-corrected chi connectivity index (χ3v) is 3.56. The maximum atomic E-state index is 12.2. The fraction of sp³-hybridized carbons (Fsp3) is 0.133. The first-order chi connectivity index (χ1) is 9.90. The van der Waals surface area contributed by atoms with Gasteiger partial charge in [-0.05, 0) is 43.2 Å². The molecule has 0 aromatic heterocycles. The van der Waals surface area contributed by atoms with Crippen LogP contribution in [-0.4, -0.2) is 10.8 Å². The Bertz CT molecular complexity index is 729. The molecule has 2 aromatic rings. The average Bonchev–Trinajstić information content (AvgIpc) is 2.43. The van der Waals surface area contributed by atoms with Gasteiger partial charge in [0, 0.05) is 17.3 Å². The zero-order valence-electron chi connectivity index (χ0n) is 11.5. The standard InChI is InChI=1S/C15H13ClN2O3/c1-9-4-3-5-13(10(9)2)17-15(19)11-6-7-14(18(20)21)12(16)8-11/h3-8H,1-2H3,(H,17,19). The fourth-order valence-corrected chi connectivity index (χ4v) is 2.13. The smallest absolute Gasteiger partial charge is 0.287 e. The van der Waals surface area contributed by atoms with Crippen LogP contribution in [0.15, 0.2) is 36.4 Å². The number of amides is 1. The second kappa shape index (κ2) is 5.93. The number of rotatable bonds is 3. The summed E-state index contributed by atoms with van der Waals surface area (Å²) in [5, 5.41) is 13.4. The third-order valence-electron chi connectivity index (χ3n) is 3.26. The van der Waals surface area contributed by atoms with Crippen molar-refractivity contribution in [3.8, 4) is 0 Å². The Hall–Kier alpha value is -2.40. The summed E-state index contributed by atoms with van der Waals surface area (Å²) in [5.41, 5.74) is 2.79. The van der Waals surface area contributed by atoms with E-state index in [2.05, 4.69) is 5.32 Å². The molecule has 0 aliphatic carbocycles. The minimum absolute atomic E-state index is 0.0615. The number of nitrogens with zero attached hydrogens (tertiary/aromatic N) is 1. The lowest BCUT2D eigenvalue weighted by molar-refractivity contribution is -0.384. The van der Waals surface area contributed by atoms with E-state index >= 15 is 0 Å². The van der Waals surface area contributed by atoms with Crippen LogP contribution >= 0.6 is 11.6 Å². The predicted octanol–water partition coefficient (Wildman–Crippen LogP) is 4.12. The highest BCUT2D eigenvalue weighted by Crippen LogP contribution is 2.26. The van der Waals surface area contributed by atoms with Crippen molar-refractivity contribution in [2.45, 2.75) is 13.8 Å². The number of carbonyl (C=O) groups excluding carboxylic acids is 1. The van der Waals surface area contributed by atoms with Crippen LogP contribution in [0.25, 0.3) is 0 Å². The fourth-order valence-electron chi connectivity index (χ4n) is 1.88. The number of nitrogens with one attached hydrogen (secondary N) is 1. The van der Waals surface area contributed by atoms with Gasteiger partial charge in [-0.1, -0.05) is 23.7 Å². The first kappa shape index (κ1) is 15.0. The molecule has 1 N–H and O–H groups in total. The Morgan fingerprint density at radius 2 is 1.95 bits per heavy atom. The summed E-state index contributed by atoms with van der Waals surface area (Å²) in [5.74, 6) is -0.361. The van der Waals surface area contributed by atoms with Crippen LogP contribution in [0.2, 0.25) is 5.02 Å². The molecule has 0 saturated carbocycles. The van der Waals surface area contributed by atoms with Crippen molar-refractivity contribution in [3.05, 3.63) is 68.2 Å². The third kappa shape index (κ3) is 3.20. The Kier molecular flexibility index (Phi) is 4.23. The molecular formula is C15H13ClN2O3. The van der Waals surface area contributed by atoms with Gasteiger partial charge in [-0.2, -0.15) is 0 Å².